The smallest absolute Gasteiger partial charge is 0.335 e. The molecule has 0 saturated carbocycles. The maximum absolute atomic E-state index is 12.8. The number of esters is 1. The van der Waals surface area contributed by atoms with Crippen LogP contribution in [0.15, 0.2) is 65.7 Å². The second-order valence-corrected chi connectivity index (χ2v) is 7.98. The quantitative estimate of drug-likeness (QED) is 0.746. The Labute approximate surface area is 160 Å². The van der Waals surface area contributed by atoms with Gasteiger partial charge >= 0.3 is 5.97 Å². The molecule has 3 heteroatoms. The van der Waals surface area contributed by atoms with Crippen molar-refractivity contribution in [3.63, 3.8) is 0 Å². The third-order valence-corrected chi connectivity index (χ3v) is 6.35. The highest BCUT2D eigenvalue weighted by Crippen LogP contribution is 2.50. The number of rotatable bonds is 2. The Morgan fingerprint density at radius 2 is 1.78 bits per heavy atom. The topological polar surface area (TPSA) is 29.5 Å². The Morgan fingerprint density at radius 3 is 2.67 bits per heavy atom. The van der Waals surface area contributed by atoms with Gasteiger partial charge in [0.1, 0.15) is 0 Å². The Kier molecular flexibility index (Phi) is 4.13. The number of aryl methyl sites for hydroxylation is 1. The van der Waals surface area contributed by atoms with Gasteiger partial charge in [-0.2, -0.15) is 0 Å². The van der Waals surface area contributed by atoms with Crippen LogP contribution in [0.3, 0.4) is 0 Å². The van der Waals surface area contributed by atoms with Gasteiger partial charge in [0.05, 0.1) is 0 Å². The van der Waals surface area contributed by atoms with Gasteiger partial charge < -0.3 is 4.74 Å². The summed E-state index contributed by atoms with van der Waals surface area (Å²) in [5.74, 6) is -0.0823. The van der Waals surface area contributed by atoms with Crippen LogP contribution in [0.5, 0.6) is 0 Å². The molecule has 0 bridgehead atoms. The minimum absolute atomic E-state index is 0.0823. The molecule has 0 saturated heterocycles. The van der Waals surface area contributed by atoms with Gasteiger partial charge in [0, 0.05) is 36.3 Å². The molecule has 0 radical (unpaired) electrons. The van der Waals surface area contributed by atoms with Crippen molar-refractivity contribution in [2.45, 2.75) is 44.2 Å². The van der Waals surface area contributed by atoms with Crippen molar-refractivity contribution in [3.8, 4) is 0 Å². The highest BCUT2D eigenvalue weighted by atomic mass is 16.6. The molecular weight excluding hydrogens is 334 g/mol. The van der Waals surface area contributed by atoms with Crippen molar-refractivity contribution in [3.05, 3.63) is 82.4 Å². The van der Waals surface area contributed by atoms with Crippen molar-refractivity contribution in [2.75, 3.05) is 13.1 Å². The molecule has 1 atom stereocenters. The summed E-state index contributed by atoms with van der Waals surface area (Å²) in [4.78, 5) is 15.2. The van der Waals surface area contributed by atoms with Gasteiger partial charge in [-0.3, -0.25) is 4.90 Å². The fourth-order valence-electron chi connectivity index (χ4n) is 5.05. The number of fused-ring (bicyclic) bond motifs is 3. The Hall–Kier alpha value is -2.39. The highest BCUT2D eigenvalue weighted by Gasteiger charge is 2.51. The van der Waals surface area contributed by atoms with Crippen LogP contribution in [0.25, 0.3) is 0 Å². The first-order valence-electron chi connectivity index (χ1n) is 10.1. The van der Waals surface area contributed by atoms with Crippen LogP contribution < -0.4 is 0 Å². The molecule has 1 unspecified atom stereocenters. The summed E-state index contributed by atoms with van der Waals surface area (Å²) in [7, 11) is 0. The maximum Gasteiger partial charge on any atom is 0.335 e. The summed E-state index contributed by atoms with van der Waals surface area (Å²) in [6.07, 6.45) is 5.04. The zero-order chi connectivity index (χ0) is 18.3. The lowest BCUT2D eigenvalue weighted by atomic mass is 9.79. The van der Waals surface area contributed by atoms with Crippen LogP contribution in [0, 0.1) is 0 Å². The van der Waals surface area contributed by atoms with Gasteiger partial charge in [0.25, 0.3) is 0 Å². The number of benzene rings is 2. The number of carbonyl (C=O) groups is 1. The molecule has 1 aliphatic carbocycles. The second kappa shape index (κ2) is 6.65. The molecule has 0 amide bonds. The van der Waals surface area contributed by atoms with E-state index in [1.807, 2.05) is 0 Å². The predicted molar refractivity (Wildman–Crippen MR) is 105 cm³/mol. The molecule has 2 aromatic carbocycles. The van der Waals surface area contributed by atoms with Crippen LogP contribution in [0.4, 0.5) is 0 Å². The molecule has 3 nitrogen and oxygen atoms in total. The minimum atomic E-state index is -0.533. The van der Waals surface area contributed by atoms with E-state index in [-0.39, 0.29) is 5.97 Å². The molecule has 5 rings (SSSR count). The van der Waals surface area contributed by atoms with Crippen LogP contribution in [0.1, 0.15) is 42.4 Å². The van der Waals surface area contributed by atoms with Gasteiger partial charge in [-0.15, -0.1) is 0 Å². The number of carbonyl (C=O) groups excluding carboxylic acids is 1. The van der Waals surface area contributed by atoms with Crippen molar-refractivity contribution in [2.24, 2.45) is 0 Å². The van der Waals surface area contributed by atoms with Crippen LogP contribution in [0.2, 0.25) is 0 Å². The SMILES string of the molecule is O=C1OC2(CCCCc3ccccc32)C2=C1CCN(Cc1ccccc1)C2. The second-order valence-electron chi connectivity index (χ2n) is 7.98. The molecule has 1 spiro atoms. The fraction of sp³-hybridized carbons (Fsp3) is 0.375. The molecule has 138 valence electrons. The van der Waals surface area contributed by atoms with Gasteiger partial charge in [0.15, 0.2) is 5.60 Å². The zero-order valence-electron chi connectivity index (χ0n) is 15.6. The molecule has 2 heterocycles. The lowest BCUT2D eigenvalue weighted by Gasteiger charge is -2.36. The first-order chi connectivity index (χ1) is 13.3. The lowest BCUT2D eigenvalue weighted by Crippen LogP contribution is -2.38. The predicted octanol–water partition coefficient (Wildman–Crippen LogP) is 4.37. The minimum Gasteiger partial charge on any atom is -0.446 e. The van der Waals surface area contributed by atoms with E-state index >= 15 is 0 Å². The molecule has 2 aromatic rings. The molecular formula is C24H25NO2. The third kappa shape index (κ3) is 2.81. The van der Waals surface area contributed by atoms with Gasteiger partial charge in [0.2, 0.25) is 0 Å². The maximum atomic E-state index is 12.8. The first-order valence-corrected chi connectivity index (χ1v) is 10.1. The van der Waals surface area contributed by atoms with E-state index < -0.39 is 5.60 Å². The molecule has 3 aliphatic rings. The van der Waals surface area contributed by atoms with E-state index in [1.165, 1.54) is 22.3 Å². The van der Waals surface area contributed by atoms with Crippen LogP contribution >= 0.6 is 0 Å². The van der Waals surface area contributed by atoms with Gasteiger partial charge in [-0.05, 0) is 43.2 Å². The average Bonchev–Trinajstić information content (AvgIpc) is 2.85. The van der Waals surface area contributed by atoms with Gasteiger partial charge in [-0.1, -0.05) is 54.6 Å². The Bertz CT molecular complexity index is 902. The standard InChI is InChI=1S/C24H25NO2/c26-23-20-13-15-25(16-18-8-2-1-3-9-18)17-22(20)24(27-23)14-7-6-11-19-10-4-5-12-21(19)24/h1-5,8-10,12H,6-7,11,13-17H2. The molecule has 27 heavy (non-hydrogen) atoms. The summed E-state index contributed by atoms with van der Waals surface area (Å²) in [5, 5.41) is 0. The molecule has 2 aliphatic heterocycles. The third-order valence-electron chi connectivity index (χ3n) is 6.35. The van der Waals surface area contributed by atoms with E-state index in [2.05, 4.69) is 59.5 Å². The highest BCUT2D eigenvalue weighted by molar-refractivity contribution is 5.94. The van der Waals surface area contributed by atoms with E-state index in [9.17, 15) is 4.79 Å². The van der Waals surface area contributed by atoms with E-state index in [4.69, 9.17) is 4.74 Å². The average molecular weight is 359 g/mol. The number of nitrogens with zero attached hydrogens (tertiary/aromatic N) is 1. The molecule has 0 aromatic heterocycles. The van der Waals surface area contributed by atoms with Crippen molar-refractivity contribution in [1.29, 1.82) is 0 Å². The lowest BCUT2D eigenvalue weighted by molar-refractivity contribution is -0.148. The van der Waals surface area contributed by atoms with E-state index in [0.717, 1.165) is 57.3 Å². The van der Waals surface area contributed by atoms with Crippen LogP contribution in [-0.4, -0.2) is 24.0 Å². The summed E-state index contributed by atoms with van der Waals surface area (Å²) in [6, 6.07) is 19.2. The van der Waals surface area contributed by atoms with Crippen molar-refractivity contribution < 1.29 is 9.53 Å². The number of ether oxygens (including phenoxy) is 1. The van der Waals surface area contributed by atoms with Gasteiger partial charge in [-0.25, -0.2) is 4.79 Å². The number of hydrogen-bond donors (Lipinski definition) is 0. The van der Waals surface area contributed by atoms with Crippen molar-refractivity contribution in [1.82, 2.24) is 4.90 Å². The zero-order valence-corrected chi connectivity index (χ0v) is 15.6. The normalized spacial score (nSPS) is 25.1. The summed E-state index contributed by atoms with van der Waals surface area (Å²) in [6.45, 7) is 2.66. The molecule has 0 N–H and O–H groups in total. The first kappa shape index (κ1) is 16.8. The van der Waals surface area contributed by atoms with Crippen LogP contribution in [-0.2, 0) is 28.1 Å². The monoisotopic (exact) mass is 359 g/mol. The van der Waals surface area contributed by atoms with E-state index in [1.54, 1.807) is 0 Å². The summed E-state index contributed by atoms with van der Waals surface area (Å²) in [5.41, 5.74) is 5.52. The summed E-state index contributed by atoms with van der Waals surface area (Å²) < 4.78 is 6.20. The fourth-order valence-corrected chi connectivity index (χ4v) is 5.05. The molecule has 0 fully saturated rings. The summed E-state index contributed by atoms with van der Waals surface area (Å²) >= 11 is 0. The Balaban J connectivity index is 1.52. The van der Waals surface area contributed by atoms with Crippen molar-refractivity contribution >= 4 is 5.97 Å². The Morgan fingerprint density at radius 1 is 0.963 bits per heavy atom. The largest absolute Gasteiger partial charge is 0.446 e. The number of hydrogen-bond acceptors (Lipinski definition) is 3. The van der Waals surface area contributed by atoms with E-state index in [0.29, 0.717) is 0 Å².